The fourth-order valence-corrected chi connectivity index (χ4v) is 13.8. The normalized spacial score (nSPS) is 14.4. The van der Waals surface area contributed by atoms with Gasteiger partial charge >= 0.3 is 0 Å². The molecule has 422 valence electrons. The zero-order valence-electron chi connectivity index (χ0n) is 51.3. The van der Waals surface area contributed by atoms with Gasteiger partial charge in [-0.3, -0.25) is 0 Å². The van der Waals surface area contributed by atoms with Gasteiger partial charge in [0.05, 0.1) is 22.2 Å². The van der Waals surface area contributed by atoms with Gasteiger partial charge in [0.25, 0.3) is 0 Å². The van der Waals surface area contributed by atoms with Gasteiger partial charge in [0.15, 0.2) is 0 Å². The average Bonchev–Trinajstić information content (AvgIpc) is 1.69. The molecule has 0 bridgehead atoms. The van der Waals surface area contributed by atoms with Crippen LogP contribution in [0.2, 0.25) is 0 Å². The Bertz CT molecular complexity index is 4420. The van der Waals surface area contributed by atoms with Crippen LogP contribution in [-0.2, 0) is 27.1 Å². The third-order valence-corrected chi connectivity index (χ3v) is 18.6. The summed E-state index contributed by atoms with van der Waals surface area (Å²) in [5, 5.41) is 4.46. The molecular weight excluding hydrogens is 1050 g/mol. The van der Waals surface area contributed by atoms with E-state index >= 15 is 0 Å². The molecule has 13 rings (SSSR count). The van der Waals surface area contributed by atoms with Crippen LogP contribution in [0.4, 0.5) is 34.1 Å². The first-order valence-corrected chi connectivity index (χ1v) is 31.0. The number of benzene rings is 11. The Kier molecular flexibility index (Phi) is 13.7. The van der Waals surface area contributed by atoms with E-state index in [1.807, 2.05) is 11.8 Å². The molecule has 0 radical (unpaired) electrons. The topological polar surface area (TPSA) is 19.6 Å². The largest absolute Gasteiger partial charge is 0.455 e. The summed E-state index contributed by atoms with van der Waals surface area (Å²) in [6, 6.07) is 91.4. The molecule has 3 nitrogen and oxygen atoms in total. The number of rotatable bonds is 10. The average molecular weight is 1130 g/mol. The molecule has 1 heterocycles. The number of para-hydroxylation sites is 3. The van der Waals surface area contributed by atoms with E-state index in [2.05, 4.69) is 336 Å². The fourth-order valence-electron chi connectivity index (χ4n) is 13.0. The van der Waals surface area contributed by atoms with Crippen LogP contribution in [0.1, 0.15) is 128 Å². The van der Waals surface area contributed by atoms with Gasteiger partial charge in [-0.15, -0.1) is 0 Å². The molecule has 1 aliphatic rings. The van der Waals surface area contributed by atoms with Crippen LogP contribution in [0.3, 0.4) is 0 Å². The molecule has 0 aliphatic heterocycles. The zero-order valence-corrected chi connectivity index (χ0v) is 52.1. The predicted octanol–water partition coefficient (Wildman–Crippen LogP) is 23.4. The standard InChI is InChI=1S/C81H76N2OS/c1-77(2,3)53-31-33-57(34-32-53)81(58-41-49-64(50-42-58)85-63-47-39-56(40-48-63)80(10,11)12)68-51-70(82(59-23-15-13-16-24-59)61-43-35-54(36-44-61)78(4,5)6)65-27-19-20-28-66(65)73(68)75-69(81)52-71(74-67-29-21-22-30-72(67)84-76(74)75)83(60-25-17-14-18-26-60)62-45-37-55(38-46-62)79(7,8)9/h13-52H,1-12H3. The van der Waals surface area contributed by atoms with Crippen molar-refractivity contribution in [2.75, 3.05) is 9.80 Å². The van der Waals surface area contributed by atoms with Crippen molar-refractivity contribution >= 4 is 78.6 Å². The smallest absolute Gasteiger partial charge is 0.145 e. The third kappa shape index (κ3) is 9.83. The molecule has 1 unspecified atom stereocenters. The molecular formula is C81H76N2OS. The highest BCUT2D eigenvalue weighted by Crippen LogP contribution is 2.64. The quantitative estimate of drug-likeness (QED) is 0.136. The van der Waals surface area contributed by atoms with Gasteiger partial charge in [0.1, 0.15) is 11.2 Å². The lowest BCUT2D eigenvalue weighted by molar-refractivity contribution is 0.589. The van der Waals surface area contributed by atoms with Gasteiger partial charge in [-0.2, -0.15) is 0 Å². The summed E-state index contributed by atoms with van der Waals surface area (Å²) in [6.07, 6.45) is 0. The minimum absolute atomic E-state index is 0.0119. The van der Waals surface area contributed by atoms with E-state index in [0.717, 1.165) is 72.4 Å². The minimum Gasteiger partial charge on any atom is -0.455 e. The summed E-state index contributed by atoms with van der Waals surface area (Å²) in [4.78, 5) is 7.35. The van der Waals surface area contributed by atoms with Gasteiger partial charge in [-0.25, -0.2) is 0 Å². The number of hydrogen-bond acceptors (Lipinski definition) is 4. The van der Waals surface area contributed by atoms with Crippen LogP contribution < -0.4 is 9.80 Å². The Morgan fingerprint density at radius 1 is 0.329 bits per heavy atom. The molecule has 0 saturated heterocycles. The molecule has 11 aromatic carbocycles. The van der Waals surface area contributed by atoms with Gasteiger partial charge in [0, 0.05) is 48.9 Å². The van der Waals surface area contributed by atoms with E-state index in [1.165, 1.54) is 59.9 Å². The lowest BCUT2D eigenvalue weighted by Gasteiger charge is -2.36. The van der Waals surface area contributed by atoms with Crippen molar-refractivity contribution < 1.29 is 4.42 Å². The van der Waals surface area contributed by atoms with E-state index < -0.39 is 5.41 Å². The molecule has 1 aliphatic carbocycles. The van der Waals surface area contributed by atoms with Crippen molar-refractivity contribution in [2.24, 2.45) is 0 Å². The summed E-state index contributed by atoms with van der Waals surface area (Å²) >= 11 is 1.81. The molecule has 4 heteroatoms. The number of furan rings is 1. The van der Waals surface area contributed by atoms with E-state index in [0.29, 0.717) is 0 Å². The number of hydrogen-bond donors (Lipinski definition) is 0. The highest BCUT2D eigenvalue weighted by atomic mass is 32.2. The third-order valence-electron chi connectivity index (χ3n) is 17.6. The lowest BCUT2D eigenvalue weighted by Crippen LogP contribution is -2.29. The maximum atomic E-state index is 7.59. The summed E-state index contributed by atoms with van der Waals surface area (Å²) in [7, 11) is 0. The Balaban J connectivity index is 1.18. The monoisotopic (exact) mass is 1120 g/mol. The number of fused-ring (bicyclic) bond motifs is 9. The first-order valence-electron chi connectivity index (χ1n) is 30.1. The predicted molar refractivity (Wildman–Crippen MR) is 363 cm³/mol. The molecule has 0 saturated carbocycles. The molecule has 1 aromatic heterocycles. The second kappa shape index (κ2) is 20.9. The highest BCUT2D eigenvalue weighted by molar-refractivity contribution is 7.99. The molecule has 0 N–H and O–H groups in total. The van der Waals surface area contributed by atoms with E-state index in [-0.39, 0.29) is 21.7 Å². The van der Waals surface area contributed by atoms with Crippen LogP contribution in [0.5, 0.6) is 0 Å². The molecule has 85 heavy (non-hydrogen) atoms. The van der Waals surface area contributed by atoms with Crippen molar-refractivity contribution in [1.29, 1.82) is 0 Å². The summed E-state index contributed by atoms with van der Waals surface area (Å²) < 4.78 is 7.59. The van der Waals surface area contributed by atoms with E-state index in [9.17, 15) is 0 Å². The molecule has 0 fully saturated rings. The van der Waals surface area contributed by atoms with Gasteiger partial charge in [-0.05, 0) is 168 Å². The molecule has 1 atom stereocenters. The Morgan fingerprint density at radius 3 is 1.16 bits per heavy atom. The SMILES string of the molecule is CC(C)(C)c1ccc(Sc2ccc(C3(c4ccc(C(C)(C)C)cc4)c4cc(N(c5ccccc5)c5ccc(C(C)(C)C)cc5)c5ccccc5c4-c4c3cc(N(c3ccccc3)c3ccc(C(C)(C)C)cc3)c3c4oc4ccccc43)cc2)cc1. The second-order valence-corrected chi connectivity index (χ2v) is 28.5. The van der Waals surface area contributed by atoms with Crippen molar-refractivity contribution in [3.63, 3.8) is 0 Å². The van der Waals surface area contributed by atoms with Crippen molar-refractivity contribution in [3.05, 3.63) is 287 Å². The Labute approximate surface area is 508 Å². The van der Waals surface area contributed by atoms with Gasteiger partial charge in [-0.1, -0.05) is 247 Å². The maximum absolute atomic E-state index is 7.59. The van der Waals surface area contributed by atoms with Gasteiger partial charge in [0.2, 0.25) is 0 Å². The van der Waals surface area contributed by atoms with Crippen LogP contribution >= 0.6 is 11.8 Å². The van der Waals surface area contributed by atoms with Crippen molar-refractivity contribution in [1.82, 2.24) is 0 Å². The fraction of sp³-hybridized carbons (Fsp3) is 0.210. The van der Waals surface area contributed by atoms with E-state index in [4.69, 9.17) is 4.42 Å². The van der Waals surface area contributed by atoms with Gasteiger partial charge < -0.3 is 14.2 Å². The molecule has 0 spiro atoms. The molecule has 0 amide bonds. The van der Waals surface area contributed by atoms with Crippen LogP contribution in [0.25, 0.3) is 43.8 Å². The summed E-state index contributed by atoms with van der Waals surface area (Å²) in [5.41, 5.74) is 19.5. The van der Waals surface area contributed by atoms with Crippen LogP contribution in [0.15, 0.2) is 257 Å². The van der Waals surface area contributed by atoms with Crippen molar-refractivity contribution in [3.8, 4) is 11.1 Å². The van der Waals surface area contributed by atoms with Crippen molar-refractivity contribution in [2.45, 2.75) is 120 Å². The first-order chi connectivity index (χ1) is 40.7. The second-order valence-electron chi connectivity index (χ2n) is 27.4. The zero-order chi connectivity index (χ0) is 59.2. The first kappa shape index (κ1) is 55.6. The summed E-state index contributed by atoms with van der Waals surface area (Å²) in [5.74, 6) is 0. The molecule has 12 aromatic rings. The minimum atomic E-state index is -0.893. The summed E-state index contributed by atoms with van der Waals surface area (Å²) in [6.45, 7) is 27.5. The Hall–Kier alpha value is -8.57. The lowest BCUT2D eigenvalue weighted by atomic mass is 9.67. The number of nitrogens with zero attached hydrogens (tertiary/aromatic N) is 2. The Morgan fingerprint density at radius 2 is 0.682 bits per heavy atom. The highest BCUT2D eigenvalue weighted by Gasteiger charge is 2.50. The van der Waals surface area contributed by atoms with Crippen LogP contribution in [-0.4, -0.2) is 0 Å². The maximum Gasteiger partial charge on any atom is 0.145 e. The number of anilines is 6. The van der Waals surface area contributed by atoms with E-state index in [1.54, 1.807) is 0 Å². The van der Waals surface area contributed by atoms with Crippen LogP contribution in [0, 0.1) is 0 Å².